The van der Waals surface area contributed by atoms with Crippen LogP contribution in [-0.2, 0) is 5.88 Å². The zero-order valence-electron chi connectivity index (χ0n) is 7.31. The summed E-state index contributed by atoms with van der Waals surface area (Å²) in [5.74, 6) is 0.990. The molecule has 2 rings (SSSR count). The lowest BCUT2D eigenvalue weighted by Crippen LogP contribution is -2.00. The molecular weight excluding hydrogens is 206 g/mol. The van der Waals surface area contributed by atoms with Gasteiger partial charge in [0.1, 0.15) is 6.33 Å². The third kappa shape index (κ3) is 1.44. The van der Waals surface area contributed by atoms with E-state index in [2.05, 4.69) is 25.1 Å². The van der Waals surface area contributed by atoms with Crippen LogP contribution in [0.25, 0.3) is 11.2 Å². The number of hydrogen-bond acceptors (Lipinski definition) is 6. The Morgan fingerprint density at radius 3 is 2.93 bits per heavy atom. The van der Waals surface area contributed by atoms with E-state index in [1.807, 2.05) is 0 Å². The Kier molecular flexibility index (Phi) is 2.36. The van der Waals surface area contributed by atoms with Crippen molar-refractivity contribution in [3.63, 3.8) is 0 Å². The highest BCUT2D eigenvalue weighted by Crippen LogP contribution is 2.15. The van der Waals surface area contributed by atoms with E-state index in [4.69, 9.17) is 16.3 Å². The molecule has 0 aliphatic heterocycles. The van der Waals surface area contributed by atoms with E-state index in [0.29, 0.717) is 22.9 Å². The normalized spacial score (nSPS) is 10.4. The quantitative estimate of drug-likeness (QED) is 0.676. The molecule has 0 saturated heterocycles. The average Bonchev–Trinajstić information content (AvgIpc) is 2.27. The molecule has 0 fully saturated rings. The minimum absolute atomic E-state index is 0.195. The number of halogens is 1. The van der Waals surface area contributed by atoms with E-state index in [1.165, 1.54) is 13.4 Å². The molecule has 0 radical (unpaired) electrons. The fourth-order valence-electron chi connectivity index (χ4n) is 0.987. The third-order valence-corrected chi connectivity index (χ3v) is 1.82. The monoisotopic (exact) mass is 211 g/mol. The fraction of sp³-hybridized carbons (Fsp3) is 0.286. The highest BCUT2D eigenvalue weighted by Gasteiger charge is 2.08. The van der Waals surface area contributed by atoms with Gasteiger partial charge in [-0.3, -0.25) is 0 Å². The molecule has 0 aliphatic rings. The van der Waals surface area contributed by atoms with E-state index < -0.39 is 0 Å². The molecule has 2 heterocycles. The number of alkyl halides is 1. The standard InChI is InChI=1S/C7H6ClN5O/c1-14-7-5-6(9-3-10-7)13-12-4(2-8)11-5/h3H,2H2,1H3. The molecule has 0 bridgehead atoms. The van der Waals surface area contributed by atoms with Gasteiger partial charge in [0.25, 0.3) is 0 Å². The van der Waals surface area contributed by atoms with Gasteiger partial charge in [-0.2, -0.15) is 4.98 Å². The van der Waals surface area contributed by atoms with Crippen LogP contribution in [0.5, 0.6) is 5.88 Å². The van der Waals surface area contributed by atoms with Crippen LogP contribution >= 0.6 is 11.6 Å². The molecule has 14 heavy (non-hydrogen) atoms. The first-order valence-corrected chi connectivity index (χ1v) is 4.33. The van der Waals surface area contributed by atoms with E-state index in [1.54, 1.807) is 0 Å². The number of fused-ring (bicyclic) bond motifs is 1. The zero-order valence-corrected chi connectivity index (χ0v) is 8.06. The van der Waals surface area contributed by atoms with Gasteiger partial charge in [0.2, 0.25) is 11.5 Å². The second-order valence-electron chi connectivity index (χ2n) is 2.42. The molecule has 7 heteroatoms. The molecule has 0 atom stereocenters. The number of hydrogen-bond donors (Lipinski definition) is 0. The predicted molar refractivity (Wildman–Crippen MR) is 49.0 cm³/mol. The molecular formula is C7H6ClN5O. The van der Waals surface area contributed by atoms with Crippen molar-refractivity contribution >= 4 is 22.8 Å². The van der Waals surface area contributed by atoms with Crippen molar-refractivity contribution in [2.45, 2.75) is 5.88 Å². The lowest BCUT2D eigenvalue weighted by Gasteiger charge is -2.01. The Morgan fingerprint density at radius 1 is 1.36 bits per heavy atom. The van der Waals surface area contributed by atoms with E-state index in [9.17, 15) is 0 Å². The highest BCUT2D eigenvalue weighted by molar-refractivity contribution is 6.16. The Morgan fingerprint density at radius 2 is 2.21 bits per heavy atom. The van der Waals surface area contributed by atoms with Gasteiger partial charge < -0.3 is 4.74 Å². The van der Waals surface area contributed by atoms with Crippen LogP contribution in [0, 0.1) is 0 Å². The van der Waals surface area contributed by atoms with Gasteiger partial charge in [-0.15, -0.1) is 21.8 Å². The summed E-state index contributed by atoms with van der Waals surface area (Å²) in [7, 11) is 1.50. The maximum Gasteiger partial charge on any atom is 0.245 e. The van der Waals surface area contributed by atoms with Crippen LogP contribution < -0.4 is 4.74 Å². The summed E-state index contributed by atoms with van der Waals surface area (Å²) in [6, 6.07) is 0. The van der Waals surface area contributed by atoms with Gasteiger partial charge in [-0.25, -0.2) is 9.97 Å². The van der Waals surface area contributed by atoms with Gasteiger partial charge in [0, 0.05) is 0 Å². The molecule has 2 aromatic heterocycles. The van der Waals surface area contributed by atoms with Crippen molar-refractivity contribution < 1.29 is 4.74 Å². The van der Waals surface area contributed by atoms with Crippen LogP contribution in [0.15, 0.2) is 6.33 Å². The molecule has 2 aromatic rings. The van der Waals surface area contributed by atoms with Crippen LogP contribution in [0.4, 0.5) is 0 Å². The first-order valence-electron chi connectivity index (χ1n) is 3.79. The number of rotatable bonds is 2. The zero-order chi connectivity index (χ0) is 9.97. The first-order chi connectivity index (χ1) is 6.85. The second kappa shape index (κ2) is 3.67. The highest BCUT2D eigenvalue weighted by atomic mass is 35.5. The molecule has 0 saturated carbocycles. The summed E-state index contributed by atoms with van der Waals surface area (Å²) in [6.45, 7) is 0. The van der Waals surface area contributed by atoms with E-state index >= 15 is 0 Å². The minimum atomic E-state index is 0.195. The summed E-state index contributed by atoms with van der Waals surface area (Å²) in [4.78, 5) is 11.9. The maximum atomic E-state index is 5.58. The van der Waals surface area contributed by atoms with E-state index in [-0.39, 0.29) is 5.88 Å². The Bertz CT molecular complexity index is 463. The minimum Gasteiger partial charge on any atom is -0.479 e. The number of aromatic nitrogens is 5. The Labute approximate surface area is 84.3 Å². The summed E-state index contributed by atoms with van der Waals surface area (Å²) in [5, 5.41) is 7.59. The lowest BCUT2D eigenvalue weighted by atomic mass is 10.5. The molecule has 0 aromatic carbocycles. The van der Waals surface area contributed by atoms with Crippen molar-refractivity contribution in [3.05, 3.63) is 12.2 Å². The number of ether oxygens (including phenoxy) is 1. The Balaban J connectivity index is 2.70. The van der Waals surface area contributed by atoms with Gasteiger partial charge in [0.15, 0.2) is 11.3 Å². The topological polar surface area (TPSA) is 73.7 Å². The van der Waals surface area contributed by atoms with Crippen molar-refractivity contribution in [2.75, 3.05) is 7.11 Å². The molecule has 0 N–H and O–H groups in total. The average molecular weight is 212 g/mol. The molecule has 72 valence electrons. The maximum absolute atomic E-state index is 5.58. The van der Waals surface area contributed by atoms with Gasteiger partial charge >= 0.3 is 0 Å². The van der Waals surface area contributed by atoms with Gasteiger partial charge in [-0.1, -0.05) is 0 Å². The van der Waals surface area contributed by atoms with Crippen molar-refractivity contribution in [1.82, 2.24) is 25.1 Å². The van der Waals surface area contributed by atoms with Crippen LogP contribution in [0.3, 0.4) is 0 Å². The molecule has 6 nitrogen and oxygen atoms in total. The summed E-state index contributed by atoms with van der Waals surface area (Å²) in [6.07, 6.45) is 1.35. The van der Waals surface area contributed by atoms with Crippen LogP contribution in [0.2, 0.25) is 0 Å². The molecule has 0 spiro atoms. The van der Waals surface area contributed by atoms with Gasteiger partial charge in [0.05, 0.1) is 13.0 Å². The molecule has 0 unspecified atom stereocenters. The predicted octanol–water partition coefficient (Wildman–Crippen LogP) is 0.562. The van der Waals surface area contributed by atoms with Crippen molar-refractivity contribution in [2.24, 2.45) is 0 Å². The second-order valence-corrected chi connectivity index (χ2v) is 2.68. The fourth-order valence-corrected chi connectivity index (χ4v) is 1.10. The summed E-state index contributed by atoms with van der Waals surface area (Å²) < 4.78 is 5.00. The number of nitrogens with zero attached hydrogens (tertiary/aromatic N) is 5. The smallest absolute Gasteiger partial charge is 0.245 e. The summed E-state index contributed by atoms with van der Waals surface area (Å²) >= 11 is 5.58. The first kappa shape index (κ1) is 9.01. The Hall–Kier alpha value is -1.56. The number of methoxy groups -OCH3 is 1. The lowest BCUT2D eigenvalue weighted by molar-refractivity contribution is 0.401. The molecule has 0 amide bonds. The van der Waals surface area contributed by atoms with Crippen molar-refractivity contribution in [1.29, 1.82) is 0 Å². The van der Waals surface area contributed by atoms with Crippen molar-refractivity contribution in [3.8, 4) is 5.88 Å². The SMILES string of the molecule is COc1ncnc2nnc(CCl)nc12. The van der Waals surface area contributed by atoms with E-state index in [0.717, 1.165) is 0 Å². The third-order valence-electron chi connectivity index (χ3n) is 1.58. The molecule has 0 aliphatic carbocycles. The van der Waals surface area contributed by atoms with Gasteiger partial charge in [-0.05, 0) is 0 Å². The van der Waals surface area contributed by atoms with Crippen LogP contribution in [-0.4, -0.2) is 32.3 Å². The largest absolute Gasteiger partial charge is 0.479 e. The van der Waals surface area contributed by atoms with Crippen LogP contribution in [0.1, 0.15) is 5.82 Å². The summed E-state index contributed by atoms with van der Waals surface area (Å²) in [5.41, 5.74) is 0.867.